The fourth-order valence-electron chi connectivity index (χ4n) is 2.29. The average molecular weight is 329 g/mol. The van der Waals surface area contributed by atoms with Gasteiger partial charge in [0, 0.05) is 23.3 Å². The average Bonchev–Trinajstić information content (AvgIpc) is 2.47. The Kier molecular flexibility index (Phi) is 6.53. The summed E-state index contributed by atoms with van der Waals surface area (Å²) in [6, 6.07) is 14.2. The molecule has 0 aromatic heterocycles. The number of carbonyl (C=O) groups excluding carboxylic acids is 1. The molecular weight excluding hydrogens is 306 g/mol. The summed E-state index contributed by atoms with van der Waals surface area (Å²) >= 11 is 1.80. The lowest BCUT2D eigenvalue weighted by Crippen LogP contribution is -2.05. The molecule has 1 amide bonds. The van der Waals surface area contributed by atoms with Gasteiger partial charge in [-0.1, -0.05) is 6.07 Å². The number of hydrogen-bond donors (Lipinski definition) is 1. The van der Waals surface area contributed by atoms with Gasteiger partial charge in [0.05, 0.1) is 6.61 Å². The molecule has 0 saturated carbocycles. The van der Waals surface area contributed by atoms with Gasteiger partial charge in [0.25, 0.3) is 0 Å². The van der Waals surface area contributed by atoms with E-state index in [-0.39, 0.29) is 5.91 Å². The topological polar surface area (TPSA) is 38.3 Å². The molecule has 23 heavy (non-hydrogen) atoms. The zero-order valence-corrected chi connectivity index (χ0v) is 14.7. The van der Waals surface area contributed by atoms with Gasteiger partial charge in [-0.15, -0.1) is 11.8 Å². The van der Waals surface area contributed by atoms with Crippen LogP contribution in [-0.4, -0.2) is 18.3 Å². The van der Waals surface area contributed by atoms with E-state index in [4.69, 9.17) is 4.74 Å². The second-order valence-electron chi connectivity index (χ2n) is 5.58. The lowest BCUT2D eigenvalue weighted by Gasteiger charge is -2.08. The molecule has 2 aromatic carbocycles. The summed E-state index contributed by atoms with van der Waals surface area (Å²) < 4.78 is 5.81. The maximum Gasteiger partial charge on any atom is 0.221 e. The van der Waals surface area contributed by atoms with E-state index in [1.54, 1.807) is 11.8 Å². The Morgan fingerprint density at radius 2 is 1.74 bits per heavy atom. The highest BCUT2D eigenvalue weighted by Gasteiger charge is 1.99. The number of nitrogens with one attached hydrogen (secondary N) is 1. The molecule has 0 spiro atoms. The van der Waals surface area contributed by atoms with Crippen LogP contribution in [0.2, 0.25) is 0 Å². The standard InChI is InChI=1S/C19H23NO2S/c1-14-11-15(2)13-18(12-14)22-9-4-10-23-19-7-5-17(6-8-19)20-16(3)21/h5-8,11-13H,4,9-10H2,1-3H3,(H,20,21). The van der Waals surface area contributed by atoms with Crippen LogP contribution in [0.25, 0.3) is 0 Å². The smallest absolute Gasteiger partial charge is 0.221 e. The van der Waals surface area contributed by atoms with Gasteiger partial charge in [0.2, 0.25) is 5.91 Å². The first kappa shape index (κ1) is 17.4. The van der Waals surface area contributed by atoms with Crippen molar-refractivity contribution in [3.8, 4) is 5.75 Å². The van der Waals surface area contributed by atoms with Crippen molar-refractivity contribution in [2.75, 3.05) is 17.7 Å². The zero-order valence-electron chi connectivity index (χ0n) is 13.9. The third-order valence-electron chi connectivity index (χ3n) is 3.20. The van der Waals surface area contributed by atoms with E-state index in [2.05, 4.69) is 37.4 Å². The zero-order chi connectivity index (χ0) is 16.7. The summed E-state index contributed by atoms with van der Waals surface area (Å²) in [6.45, 7) is 6.40. The van der Waals surface area contributed by atoms with Crippen LogP contribution in [-0.2, 0) is 4.79 Å². The minimum Gasteiger partial charge on any atom is -0.494 e. The van der Waals surface area contributed by atoms with Gasteiger partial charge in [0.15, 0.2) is 0 Å². The molecule has 0 fully saturated rings. The van der Waals surface area contributed by atoms with Crippen molar-refractivity contribution >= 4 is 23.4 Å². The summed E-state index contributed by atoms with van der Waals surface area (Å²) in [5.41, 5.74) is 3.29. The normalized spacial score (nSPS) is 10.4. The highest BCUT2D eigenvalue weighted by Crippen LogP contribution is 2.21. The van der Waals surface area contributed by atoms with E-state index in [0.29, 0.717) is 0 Å². The van der Waals surface area contributed by atoms with Crippen LogP contribution in [0.4, 0.5) is 5.69 Å². The summed E-state index contributed by atoms with van der Waals surface area (Å²) in [6.07, 6.45) is 0.991. The number of benzene rings is 2. The molecule has 0 atom stereocenters. The number of amides is 1. The molecule has 122 valence electrons. The molecule has 0 aliphatic heterocycles. The summed E-state index contributed by atoms with van der Waals surface area (Å²) in [5.74, 6) is 1.91. The first-order chi connectivity index (χ1) is 11.0. The van der Waals surface area contributed by atoms with E-state index in [1.165, 1.54) is 22.9 Å². The molecule has 0 aliphatic carbocycles. The predicted octanol–water partition coefficient (Wildman–Crippen LogP) is 4.82. The maximum atomic E-state index is 11.0. The molecule has 1 N–H and O–H groups in total. The fraction of sp³-hybridized carbons (Fsp3) is 0.316. The first-order valence-corrected chi connectivity index (χ1v) is 8.73. The number of hydrogen-bond acceptors (Lipinski definition) is 3. The molecule has 2 rings (SSSR count). The Labute approximate surface area is 142 Å². The summed E-state index contributed by atoms with van der Waals surface area (Å²) in [5, 5.41) is 2.77. The van der Waals surface area contributed by atoms with Crippen molar-refractivity contribution in [1.82, 2.24) is 0 Å². The second kappa shape index (κ2) is 8.63. The molecule has 3 nitrogen and oxygen atoms in total. The van der Waals surface area contributed by atoms with Crippen LogP contribution < -0.4 is 10.1 Å². The minimum atomic E-state index is -0.0473. The first-order valence-electron chi connectivity index (χ1n) is 7.74. The van der Waals surface area contributed by atoms with E-state index in [9.17, 15) is 4.79 Å². The van der Waals surface area contributed by atoms with Crippen molar-refractivity contribution in [2.45, 2.75) is 32.1 Å². The lowest BCUT2D eigenvalue weighted by molar-refractivity contribution is -0.114. The van der Waals surface area contributed by atoms with Crippen molar-refractivity contribution in [3.63, 3.8) is 0 Å². The number of thioether (sulfide) groups is 1. The highest BCUT2D eigenvalue weighted by atomic mass is 32.2. The van der Waals surface area contributed by atoms with E-state index in [1.807, 2.05) is 24.3 Å². The number of rotatable bonds is 7. The van der Waals surface area contributed by atoms with E-state index in [0.717, 1.165) is 30.2 Å². The van der Waals surface area contributed by atoms with Crippen molar-refractivity contribution in [3.05, 3.63) is 53.6 Å². The molecule has 0 bridgehead atoms. The number of ether oxygens (including phenoxy) is 1. The molecular formula is C19H23NO2S. The quantitative estimate of drug-likeness (QED) is 0.584. The predicted molar refractivity (Wildman–Crippen MR) is 97.5 cm³/mol. The third-order valence-corrected chi connectivity index (χ3v) is 4.29. The monoisotopic (exact) mass is 329 g/mol. The van der Waals surface area contributed by atoms with Crippen molar-refractivity contribution in [2.24, 2.45) is 0 Å². The van der Waals surface area contributed by atoms with Gasteiger partial charge < -0.3 is 10.1 Å². The van der Waals surface area contributed by atoms with Crippen molar-refractivity contribution < 1.29 is 9.53 Å². The fourth-order valence-corrected chi connectivity index (χ4v) is 3.12. The van der Waals surface area contributed by atoms with Gasteiger partial charge >= 0.3 is 0 Å². The minimum absolute atomic E-state index is 0.0473. The Hall–Kier alpha value is -1.94. The molecule has 0 aliphatic rings. The molecule has 0 saturated heterocycles. The highest BCUT2D eigenvalue weighted by molar-refractivity contribution is 7.99. The molecule has 0 radical (unpaired) electrons. The number of carbonyl (C=O) groups is 1. The largest absolute Gasteiger partial charge is 0.494 e. The van der Waals surface area contributed by atoms with Crippen LogP contribution in [0.15, 0.2) is 47.4 Å². The number of anilines is 1. The van der Waals surface area contributed by atoms with Crippen LogP contribution in [0.3, 0.4) is 0 Å². The van der Waals surface area contributed by atoms with Gasteiger partial charge in [-0.3, -0.25) is 4.79 Å². The number of aryl methyl sites for hydroxylation is 2. The molecule has 2 aromatic rings. The van der Waals surface area contributed by atoms with Crippen LogP contribution >= 0.6 is 11.8 Å². The van der Waals surface area contributed by atoms with Gasteiger partial charge in [0.1, 0.15) is 5.75 Å². The van der Waals surface area contributed by atoms with Gasteiger partial charge in [-0.25, -0.2) is 0 Å². The second-order valence-corrected chi connectivity index (χ2v) is 6.75. The molecule has 0 unspecified atom stereocenters. The van der Waals surface area contributed by atoms with E-state index >= 15 is 0 Å². The Bertz CT molecular complexity index is 633. The summed E-state index contributed by atoms with van der Waals surface area (Å²) in [7, 11) is 0. The third kappa shape index (κ3) is 6.37. The van der Waals surface area contributed by atoms with E-state index < -0.39 is 0 Å². The lowest BCUT2D eigenvalue weighted by atomic mass is 10.1. The Morgan fingerprint density at radius 3 is 2.35 bits per heavy atom. The van der Waals surface area contributed by atoms with Crippen LogP contribution in [0, 0.1) is 13.8 Å². The molecule has 0 heterocycles. The maximum absolute atomic E-state index is 11.0. The van der Waals surface area contributed by atoms with Gasteiger partial charge in [-0.2, -0.15) is 0 Å². The Morgan fingerprint density at radius 1 is 1.09 bits per heavy atom. The van der Waals surface area contributed by atoms with Crippen molar-refractivity contribution in [1.29, 1.82) is 0 Å². The summed E-state index contributed by atoms with van der Waals surface area (Å²) in [4.78, 5) is 12.2. The SMILES string of the molecule is CC(=O)Nc1ccc(SCCCOc2cc(C)cc(C)c2)cc1. The van der Waals surface area contributed by atoms with Crippen LogP contribution in [0.5, 0.6) is 5.75 Å². The van der Waals surface area contributed by atoms with Crippen LogP contribution in [0.1, 0.15) is 24.5 Å². The van der Waals surface area contributed by atoms with Gasteiger partial charge in [-0.05, 0) is 67.8 Å². The Balaban J connectivity index is 1.70. The molecule has 4 heteroatoms.